The van der Waals surface area contributed by atoms with Crippen LogP contribution < -0.4 is 0 Å². The van der Waals surface area contributed by atoms with Gasteiger partial charge in [0.2, 0.25) is 0 Å². The van der Waals surface area contributed by atoms with Crippen LogP contribution in [0.1, 0.15) is 29.9 Å². The Balaban J connectivity index is 2.19. The van der Waals surface area contributed by atoms with Crippen LogP contribution in [0, 0.1) is 0 Å². The van der Waals surface area contributed by atoms with Crippen molar-refractivity contribution in [3.8, 4) is 0 Å². The van der Waals surface area contributed by atoms with Crippen LogP contribution in [0.25, 0.3) is 9.40 Å². The number of carbonyl (C=O) groups is 1. The van der Waals surface area contributed by atoms with E-state index < -0.39 is 0 Å². The van der Waals surface area contributed by atoms with Gasteiger partial charge in [0.1, 0.15) is 0 Å². The molecule has 98 valence electrons. The molecule has 0 aliphatic heterocycles. The van der Waals surface area contributed by atoms with E-state index in [9.17, 15) is 4.79 Å². The van der Waals surface area contributed by atoms with E-state index in [4.69, 9.17) is 0 Å². The largest absolute Gasteiger partial charge is 0.335 e. The second-order valence-corrected chi connectivity index (χ2v) is 7.22. The lowest BCUT2D eigenvalue weighted by molar-refractivity contribution is 0.0712. The number of halogens is 1. The standard InChI is InChI=1S/C13H16BrNOS2/c1-9(2)15(6-3-5-14)13(16)12-8-11-10(18-12)4-7-17-11/h4,7-9H,3,5-6H2,1-2H3. The third-order valence-corrected chi connectivity index (χ3v) is 5.41. The summed E-state index contributed by atoms with van der Waals surface area (Å²) < 4.78 is 2.43. The number of carbonyl (C=O) groups excluding carboxylic acids is 1. The zero-order chi connectivity index (χ0) is 13.1. The maximum absolute atomic E-state index is 12.5. The van der Waals surface area contributed by atoms with Gasteiger partial charge in [-0.2, -0.15) is 0 Å². The smallest absolute Gasteiger partial charge is 0.264 e. The summed E-state index contributed by atoms with van der Waals surface area (Å²) >= 11 is 6.72. The summed E-state index contributed by atoms with van der Waals surface area (Å²) in [5.41, 5.74) is 0. The summed E-state index contributed by atoms with van der Waals surface area (Å²) in [5.74, 6) is 0.166. The number of rotatable bonds is 5. The molecule has 2 heterocycles. The number of nitrogens with zero attached hydrogens (tertiary/aromatic N) is 1. The molecule has 0 aliphatic carbocycles. The van der Waals surface area contributed by atoms with Crippen LogP contribution in [0.15, 0.2) is 17.5 Å². The van der Waals surface area contributed by atoms with Crippen molar-refractivity contribution in [3.63, 3.8) is 0 Å². The van der Waals surface area contributed by atoms with Gasteiger partial charge in [-0.1, -0.05) is 15.9 Å². The fraction of sp³-hybridized carbons (Fsp3) is 0.462. The molecule has 0 radical (unpaired) electrons. The number of alkyl halides is 1. The lowest BCUT2D eigenvalue weighted by Crippen LogP contribution is -2.37. The summed E-state index contributed by atoms with van der Waals surface area (Å²) in [6.45, 7) is 4.96. The highest BCUT2D eigenvalue weighted by molar-refractivity contribution is 9.09. The van der Waals surface area contributed by atoms with Crippen molar-refractivity contribution in [3.05, 3.63) is 22.4 Å². The first-order valence-corrected chi connectivity index (χ1v) is 8.79. The van der Waals surface area contributed by atoms with E-state index in [0.717, 1.165) is 23.2 Å². The molecule has 0 saturated carbocycles. The Morgan fingerprint density at radius 2 is 2.22 bits per heavy atom. The van der Waals surface area contributed by atoms with E-state index in [-0.39, 0.29) is 11.9 Å². The summed E-state index contributed by atoms with van der Waals surface area (Å²) in [6.07, 6.45) is 0.990. The third-order valence-electron chi connectivity index (χ3n) is 2.77. The Morgan fingerprint density at radius 3 is 2.83 bits per heavy atom. The molecule has 0 atom stereocenters. The highest BCUT2D eigenvalue weighted by atomic mass is 79.9. The zero-order valence-electron chi connectivity index (χ0n) is 10.5. The molecule has 0 unspecified atom stereocenters. The second-order valence-electron chi connectivity index (χ2n) is 4.39. The van der Waals surface area contributed by atoms with Crippen molar-refractivity contribution in [2.75, 3.05) is 11.9 Å². The molecule has 18 heavy (non-hydrogen) atoms. The van der Waals surface area contributed by atoms with Gasteiger partial charge in [-0.05, 0) is 37.8 Å². The van der Waals surface area contributed by atoms with Crippen LogP contribution in [0.2, 0.25) is 0 Å². The van der Waals surface area contributed by atoms with Crippen molar-refractivity contribution in [1.29, 1.82) is 0 Å². The minimum Gasteiger partial charge on any atom is -0.335 e. The molecule has 0 aromatic carbocycles. The fourth-order valence-corrected chi connectivity index (χ4v) is 4.15. The van der Waals surface area contributed by atoms with Gasteiger partial charge in [0.25, 0.3) is 5.91 Å². The van der Waals surface area contributed by atoms with E-state index in [2.05, 4.69) is 41.2 Å². The number of fused-ring (bicyclic) bond motifs is 1. The van der Waals surface area contributed by atoms with Crippen molar-refractivity contribution in [2.45, 2.75) is 26.3 Å². The monoisotopic (exact) mass is 345 g/mol. The van der Waals surface area contributed by atoms with E-state index in [0.29, 0.717) is 0 Å². The molecule has 0 bridgehead atoms. The maximum atomic E-state index is 12.5. The van der Waals surface area contributed by atoms with Gasteiger partial charge in [0, 0.05) is 27.3 Å². The Kier molecular flexibility index (Phi) is 4.81. The molecule has 2 aromatic heterocycles. The Morgan fingerprint density at radius 1 is 1.44 bits per heavy atom. The molecular weight excluding hydrogens is 330 g/mol. The molecule has 2 nitrogen and oxygen atoms in total. The molecule has 0 N–H and O–H groups in total. The number of hydrogen-bond donors (Lipinski definition) is 0. The maximum Gasteiger partial charge on any atom is 0.264 e. The number of thiophene rings is 2. The fourth-order valence-electron chi connectivity index (χ4n) is 1.84. The van der Waals surface area contributed by atoms with Crippen LogP contribution in [0.5, 0.6) is 0 Å². The first-order chi connectivity index (χ1) is 8.63. The zero-order valence-corrected chi connectivity index (χ0v) is 13.7. The third kappa shape index (κ3) is 2.95. The molecule has 5 heteroatoms. The van der Waals surface area contributed by atoms with Gasteiger partial charge in [-0.15, -0.1) is 22.7 Å². The van der Waals surface area contributed by atoms with Crippen molar-refractivity contribution >= 4 is 53.9 Å². The van der Waals surface area contributed by atoms with Gasteiger partial charge in [0.15, 0.2) is 0 Å². The highest BCUT2D eigenvalue weighted by Gasteiger charge is 2.20. The predicted octanol–water partition coefficient (Wildman–Crippen LogP) is 4.60. The molecular formula is C13H16BrNOS2. The topological polar surface area (TPSA) is 20.3 Å². The lowest BCUT2D eigenvalue weighted by atomic mass is 10.2. The summed E-state index contributed by atoms with van der Waals surface area (Å²) in [5, 5.41) is 3.00. The van der Waals surface area contributed by atoms with E-state index in [1.165, 1.54) is 9.40 Å². The highest BCUT2D eigenvalue weighted by Crippen LogP contribution is 2.31. The summed E-state index contributed by atoms with van der Waals surface area (Å²) in [4.78, 5) is 15.3. The van der Waals surface area contributed by atoms with Crippen LogP contribution in [0.4, 0.5) is 0 Å². The van der Waals surface area contributed by atoms with Crippen molar-refractivity contribution in [1.82, 2.24) is 4.90 Å². The van der Waals surface area contributed by atoms with E-state index in [1.807, 2.05) is 11.0 Å². The van der Waals surface area contributed by atoms with Gasteiger partial charge >= 0.3 is 0 Å². The van der Waals surface area contributed by atoms with Crippen molar-refractivity contribution < 1.29 is 4.79 Å². The molecule has 0 spiro atoms. The average Bonchev–Trinajstić information content (AvgIpc) is 2.88. The Labute approximate surface area is 124 Å². The van der Waals surface area contributed by atoms with Gasteiger partial charge in [-0.3, -0.25) is 4.79 Å². The minimum atomic E-state index is 0.166. The van der Waals surface area contributed by atoms with Crippen LogP contribution in [-0.4, -0.2) is 28.7 Å². The molecule has 2 aromatic rings. The van der Waals surface area contributed by atoms with Crippen LogP contribution in [0.3, 0.4) is 0 Å². The first kappa shape index (κ1) is 14.0. The van der Waals surface area contributed by atoms with Gasteiger partial charge < -0.3 is 4.90 Å². The van der Waals surface area contributed by atoms with E-state index >= 15 is 0 Å². The van der Waals surface area contributed by atoms with Gasteiger partial charge in [0.05, 0.1) is 4.88 Å². The summed E-state index contributed by atoms with van der Waals surface area (Å²) in [7, 11) is 0. The van der Waals surface area contributed by atoms with Crippen LogP contribution >= 0.6 is 38.6 Å². The van der Waals surface area contributed by atoms with E-state index in [1.54, 1.807) is 22.7 Å². The minimum absolute atomic E-state index is 0.166. The first-order valence-electron chi connectivity index (χ1n) is 5.97. The van der Waals surface area contributed by atoms with Crippen molar-refractivity contribution in [2.24, 2.45) is 0 Å². The average molecular weight is 346 g/mol. The SMILES string of the molecule is CC(C)N(CCCBr)C(=O)c1cc2sccc2s1. The molecule has 0 aliphatic rings. The molecule has 0 saturated heterocycles. The second kappa shape index (κ2) is 6.17. The van der Waals surface area contributed by atoms with Gasteiger partial charge in [-0.25, -0.2) is 0 Å². The molecule has 2 rings (SSSR count). The summed E-state index contributed by atoms with van der Waals surface area (Å²) in [6, 6.07) is 4.35. The Bertz CT molecular complexity index is 503. The predicted molar refractivity (Wildman–Crippen MR) is 84.3 cm³/mol. The lowest BCUT2D eigenvalue weighted by Gasteiger charge is -2.25. The number of hydrogen-bond acceptors (Lipinski definition) is 3. The molecule has 0 fully saturated rings. The Hall–Kier alpha value is -0.390. The van der Waals surface area contributed by atoms with Crippen LogP contribution in [-0.2, 0) is 0 Å². The quantitative estimate of drug-likeness (QED) is 0.725. The number of amides is 1. The normalized spacial score (nSPS) is 11.3. The molecule has 1 amide bonds.